The first kappa shape index (κ1) is 27.1. The number of aromatic nitrogens is 5. The van der Waals surface area contributed by atoms with Crippen LogP contribution >= 0.6 is 23.1 Å². The molecule has 12 heteroatoms. The SMILES string of the molecule is COc1cc2c(cc1Nc1ncc(Br)c(Nc3ccncc3P(C)(C)=O)n1)-c1cnn(C)c1CCN2C(C)C. The second-order valence-corrected chi connectivity index (χ2v) is 14.2. The van der Waals surface area contributed by atoms with Crippen molar-refractivity contribution in [3.63, 3.8) is 0 Å². The van der Waals surface area contributed by atoms with Crippen molar-refractivity contribution in [1.29, 1.82) is 0 Å². The van der Waals surface area contributed by atoms with Crippen LogP contribution in [0.1, 0.15) is 19.5 Å². The third-order valence-electron chi connectivity index (χ3n) is 6.82. The molecule has 4 heterocycles. The molecule has 1 aliphatic heterocycles. The lowest BCUT2D eigenvalue weighted by Crippen LogP contribution is -2.32. The number of aryl methyl sites for hydroxylation is 1. The van der Waals surface area contributed by atoms with Gasteiger partial charge in [-0.05, 0) is 55.2 Å². The second kappa shape index (κ2) is 10.6. The molecule has 4 aromatic rings. The molecule has 0 unspecified atom stereocenters. The molecule has 0 amide bonds. The molecule has 0 saturated heterocycles. The maximum atomic E-state index is 12.8. The van der Waals surface area contributed by atoms with Gasteiger partial charge in [-0.2, -0.15) is 10.1 Å². The number of nitrogens with zero attached hydrogens (tertiary/aromatic N) is 6. The zero-order valence-corrected chi connectivity index (χ0v) is 25.3. The van der Waals surface area contributed by atoms with Gasteiger partial charge in [0.15, 0.2) is 0 Å². The number of hydrogen-bond donors (Lipinski definition) is 2. The van der Waals surface area contributed by atoms with Crippen LogP contribution in [0.2, 0.25) is 0 Å². The summed E-state index contributed by atoms with van der Waals surface area (Å²) in [7, 11) is 1.08. The van der Waals surface area contributed by atoms with Crippen molar-refractivity contribution in [2.45, 2.75) is 26.3 Å². The zero-order chi connectivity index (χ0) is 27.9. The monoisotopic (exact) mass is 610 g/mol. The van der Waals surface area contributed by atoms with E-state index >= 15 is 0 Å². The highest BCUT2D eigenvalue weighted by molar-refractivity contribution is 9.10. The Morgan fingerprint density at radius 1 is 1.10 bits per heavy atom. The molecule has 2 N–H and O–H groups in total. The van der Waals surface area contributed by atoms with E-state index in [-0.39, 0.29) is 0 Å². The predicted octanol–water partition coefficient (Wildman–Crippen LogP) is 5.55. The summed E-state index contributed by atoms with van der Waals surface area (Å²) in [6.45, 7) is 8.72. The smallest absolute Gasteiger partial charge is 0.229 e. The average Bonchev–Trinajstić information content (AvgIpc) is 3.17. The van der Waals surface area contributed by atoms with Crippen molar-refractivity contribution in [1.82, 2.24) is 24.7 Å². The van der Waals surface area contributed by atoms with Crippen LogP contribution in [0.5, 0.6) is 5.75 Å². The molecular formula is C27H32BrN8O2P. The summed E-state index contributed by atoms with van der Waals surface area (Å²) >= 11 is 3.54. The van der Waals surface area contributed by atoms with Crippen molar-refractivity contribution >= 4 is 57.2 Å². The summed E-state index contributed by atoms with van der Waals surface area (Å²) in [5, 5.41) is 11.8. The quantitative estimate of drug-likeness (QED) is 0.260. The van der Waals surface area contributed by atoms with Crippen LogP contribution in [0.3, 0.4) is 0 Å². The van der Waals surface area contributed by atoms with Crippen molar-refractivity contribution in [3.8, 4) is 16.9 Å². The Bertz CT molecular complexity index is 1580. The Labute approximate surface area is 236 Å². The fourth-order valence-corrected chi connectivity index (χ4v) is 6.19. The van der Waals surface area contributed by atoms with E-state index in [1.807, 2.05) is 17.9 Å². The molecule has 0 fully saturated rings. The molecule has 0 spiro atoms. The lowest BCUT2D eigenvalue weighted by atomic mass is 10.0. The molecular weight excluding hydrogens is 579 g/mol. The van der Waals surface area contributed by atoms with Crippen LogP contribution < -0.4 is 25.6 Å². The summed E-state index contributed by atoms with van der Waals surface area (Å²) in [6.07, 6.45) is 7.78. The maximum Gasteiger partial charge on any atom is 0.229 e. The lowest BCUT2D eigenvalue weighted by Gasteiger charge is -2.30. The lowest BCUT2D eigenvalue weighted by molar-refractivity contribution is 0.416. The van der Waals surface area contributed by atoms with Crippen LogP contribution in [0.15, 0.2) is 47.5 Å². The van der Waals surface area contributed by atoms with Gasteiger partial charge in [-0.15, -0.1) is 0 Å². The molecule has 0 aliphatic carbocycles. The number of nitrogens with one attached hydrogen (secondary N) is 2. The van der Waals surface area contributed by atoms with Gasteiger partial charge in [-0.3, -0.25) is 9.67 Å². The molecule has 1 aliphatic rings. The van der Waals surface area contributed by atoms with Crippen molar-refractivity contribution in [2.75, 3.05) is 42.5 Å². The normalized spacial score (nSPS) is 13.1. The van der Waals surface area contributed by atoms with Gasteiger partial charge in [-0.1, -0.05) is 0 Å². The minimum Gasteiger partial charge on any atom is -0.494 e. The van der Waals surface area contributed by atoms with Crippen molar-refractivity contribution in [2.24, 2.45) is 7.05 Å². The highest BCUT2D eigenvalue weighted by Crippen LogP contribution is 2.44. The fourth-order valence-electron chi connectivity index (χ4n) is 4.84. The highest BCUT2D eigenvalue weighted by Gasteiger charge is 2.26. The number of ether oxygens (including phenoxy) is 1. The van der Waals surface area contributed by atoms with E-state index in [1.165, 1.54) is 5.69 Å². The van der Waals surface area contributed by atoms with E-state index in [2.05, 4.69) is 72.5 Å². The summed E-state index contributed by atoms with van der Waals surface area (Å²) in [4.78, 5) is 15.7. The Balaban J connectivity index is 1.55. The Hall–Kier alpha value is -3.43. The van der Waals surface area contributed by atoms with Crippen LogP contribution in [0, 0.1) is 0 Å². The Kier molecular flexibility index (Phi) is 7.39. The van der Waals surface area contributed by atoms with E-state index in [9.17, 15) is 4.57 Å². The average molecular weight is 611 g/mol. The van der Waals surface area contributed by atoms with E-state index in [0.717, 1.165) is 35.5 Å². The second-order valence-electron chi connectivity index (χ2n) is 10.1. The number of hydrogen-bond acceptors (Lipinski definition) is 9. The maximum absolute atomic E-state index is 12.8. The molecule has 1 aromatic carbocycles. The Morgan fingerprint density at radius 2 is 1.90 bits per heavy atom. The van der Waals surface area contributed by atoms with Crippen LogP contribution in [-0.2, 0) is 18.0 Å². The first-order chi connectivity index (χ1) is 18.6. The van der Waals surface area contributed by atoms with Gasteiger partial charge in [0.05, 0.1) is 34.5 Å². The van der Waals surface area contributed by atoms with Crippen molar-refractivity contribution in [3.05, 3.63) is 53.2 Å². The molecule has 0 atom stereocenters. The predicted molar refractivity (Wildman–Crippen MR) is 161 cm³/mol. The molecule has 204 valence electrons. The van der Waals surface area contributed by atoms with Gasteiger partial charge in [0.25, 0.3) is 0 Å². The highest BCUT2D eigenvalue weighted by atomic mass is 79.9. The molecule has 0 radical (unpaired) electrons. The van der Waals surface area contributed by atoms with E-state index in [1.54, 1.807) is 45.1 Å². The summed E-state index contributed by atoms with van der Waals surface area (Å²) in [5.41, 5.74) is 5.90. The molecule has 10 nitrogen and oxygen atoms in total. The molecule has 5 rings (SSSR count). The number of fused-ring (bicyclic) bond motifs is 3. The van der Waals surface area contributed by atoms with Gasteiger partial charge in [0.1, 0.15) is 18.7 Å². The van der Waals surface area contributed by atoms with Gasteiger partial charge >= 0.3 is 0 Å². The van der Waals surface area contributed by atoms with Gasteiger partial charge in [0, 0.05) is 73.2 Å². The van der Waals surface area contributed by atoms with Crippen LogP contribution in [-0.4, -0.2) is 57.8 Å². The minimum absolute atomic E-state index is 0.317. The van der Waals surface area contributed by atoms with E-state index < -0.39 is 7.14 Å². The van der Waals surface area contributed by atoms with E-state index in [4.69, 9.17) is 9.72 Å². The number of pyridine rings is 1. The number of benzene rings is 1. The largest absolute Gasteiger partial charge is 0.494 e. The number of halogens is 1. The first-order valence-corrected chi connectivity index (χ1v) is 16.0. The third-order valence-corrected chi connectivity index (χ3v) is 8.91. The standard InChI is InChI=1S/C27H32BrN8O2P/c1-16(2)36-10-8-22-18(13-31-35(22)3)17-11-21(24(38-4)12-23(17)36)33-27-30-14-19(28)26(34-27)32-20-7-9-29-15-25(20)39(5,6)37/h7,9,11-16H,8,10H2,1-6H3,(H2,29,30,32,33,34). The Morgan fingerprint density at radius 3 is 2.62 bits per heavy atom. The van der Waals surface area contributed by atoms with Gasteiger partial charge in [0.2, 0.25) is 5.95 Å². The molecule has 3 aromatic heterocycles. The molecule has 0 bridgehead atoms. The third kappa shape index (κ3) is 5.38. The van der Waals surface area contributed by atoms with Crippen LogP contribution in [0.4, 0.5) is 28.8 Å². The molecule has 39 heavy (non-hydrogen) atoms. The van der Waals surface area contributed by atoms with Crippen molar-refractivity contribution < 1.29 is 9.30 Å². The molecule has 0 saturated carbocycles. The summed E-state index contributed by atoms with van der Waals surface area (Å²) < 4.78 is 21.3. The summed E-state index contributed by atoms with van der Waals surface area (Å²) in [5.74, 6) is 1.59. The summed E-state index contributed by atoms with van der Waals surface area (Å²) in [6, 6.07) is 6.26. The number of anilines is 5. The topological polar surface area (TPSA) is 110 Å². The fraction of sp³-hybridized carbons (Fsp3) is 0.333. The van der Waals surface area contributed by atoms with Crippen LogP contribution in [0.25, 0.3) is 11.1 Å². The minimum atomic E-state index is -2.56. The number of methoxy groups -OCH3 is 1. The van der Waals surface area contributed by atoms with Gasteiger partial charge in [-0.25, -0.2) is 4.98 Å². The zero-order valence-electron chi connectivity index (χ0n) is 22.9. The van der Waals surface area contributed by atoms with E-state index in [0.29, 0.717) is 39.0 Å². The first-order valence-electron chi connectivity index (χ1n) is 12.6. The van der Waals surface area contributed by atoms with Gasteiger partial charge < -0.3 is 24.8 Å². The number of rotatable bonds is 7.